The highest BCUT2D eigenvalue weighted by molar-refractivity contribution is 5.67. The molecular formula is C16H21NO3. The highest BCUT2D eigenvalue weighted by atomic mass is 16.6. The highest BCUT2D eigenvalue weighted by Gasteiger charge is 2.31. The van der Waals surface area contributed by atoms with Gasteiger partial charge in [-0.2, -0.15) is 0 Å². The number of aldehydes is 1. The van der Waals surface area contributed by atoms with Gasteiger partial charge >= 0.3 is 6.09 Å². The molecule has 1 aliphatic heterocycles. The van der Waals surface area contributed by atoms with Crippen molar-refractivity contribution < 1.29 is 14.3 Å². The first kappa shape index (κ1) is 14.6. The molecule has 0 radical (unpaired) electrons. The second kappa shape index (κ2) is 6.55. The van der Waals surface area contributed by atoms with Crippen molar-refractivity contribution in [3.05, 3.63) is 35.9 Å². The van der Waals surface area contributed by atoms with Crippen LogP contribution >= 0.6 is 0 Å². The van der Waals surface area contributed by atoms with E-state index < -0.39 is 0 Å². The Morgan fingerprint density at radius 1 is 1.30 bits per heavy atom. The van der Waals surface area contributed by atoms with Crippen LogP contribution in [0.25, 0.3) is 0 Å². The topological polar surface area (TPSA) is 46.6 Å². The number of carbonyl (C=O) groups is 2. The van der Waals surface area contributed by atoms with Crippen LogP contribution in [0, 0.1) is 5.41 Å². The number of hydrogen-bond donors (Lipinski definition) is 0. The van der Waals surface area contributed by atoms with Crippen molar-refractivity contribution in [3.8, 4) is 0 Å². The monoisotopic (exact) mass is 275 g/mol. The number of nitrogens with zero attached hydrogens (tertiary/aromatic N) is 1. The van der Waals surface area contributed by atoms with E-state index in [2.05, 4.69) is 6.92 Å². The normalized spacial score (nSPS) is 17.6. The van der Waals surface area contributed by atoms with Gasteiger partial charge in [0, 0.05) is 19.5 Å². The predicted octanol–water partition coefficient (Wildman–Crippen LogP) is 3.01. The van der Waals surface area contributed by atoms with Crippen molar-refractivity contribution in [1.82, 2.24) is 4.90 Å². The molecule has 0 bridgehead atoms. The van der Waals surface area contributed by atoms with E-state index in [1.165, 1.54) is 0 Å². The summed E-state index contributed by atoms with van der Waals surface area (Å²) in [4.78, 5) is 24.4. The van der Waals surface area contributed by atoms with Gasteiger partial charge in [-0.3, -0.25) is 0 Å². The molecule has 2 rings (SSSR count). The largest absolute Gasteiger partial charge is 0.445 e. The van der Waals surface area contributed by atoms with Gasteiger partial charge in [0.05, 0.1) is 0 Å². The van der Waals surface area contributed by atoms with Crippen molar-refractivity contribution in [1.29, 1.82) is 0 Å². The van der Waals surface area contributed by atoms with Gasteiger partial charge in [-0.1, -0.05) is 37.3 Å². The molecule has 108 valence electrons. The molecule has 1 aromatic carbocycles. The van der Waals surface area contributed by atoms with Gasteiger partial charge in [0.15, 0.2) is 0 Å². The minimum absolute atomic E-state index is 0.0396. The SMILES string of the molecule is CC1(CC=O)CCN(C(=O)OCc2ccccc2)CC1. The van der Waals surface area contributed by atoms with Crippen molar-refractivity contribution >= 4 is 12.4 Å². The summed E-state index contributed by atoms with van der Waals surface area (Å²) in [5.74, 6) is 0. The van der Waals surface area contributed by atoms with Crippen LogP contribution in [0.15, 0.2) is 30.3 Å². The Hall–Kier alpha value is -1.84. The summed E-state index contributed by atoms with van der Waals surface area (Å²) < 4.78 is 5.31. The highest BCUT2D eigenvalue weighted by Crippen LogP contribution is 2.33. The number of carbonyl (C=O) groups excluding carboxylic acids is 2. The molecule has 1 saturated heterocycles. The molecule has 1 fully saturated rings. The molecule has 0 atom stereocenters. The van der Waals surface area contributed by atoms with Crippen LogP contribution in [-0.4, -0.2) is 30.4 Å². The lowest BCUT2D eigenvalue weighted by atomic mass is 9.78. The van der Waals surface area contributed by atoms with Gasteiger partial charge in [0.2, 0.25) is 0 Å². The maximum Gasteiger partial charge on any atom is 0.410 e. The van der Waals surface area contributed by atoms with Crippen LogP contribution in [-0.2, 0) is 16.1 Å². The van der Waals surface area contributed by atoms with Crippen molar-refractivity contribution in [2.75, 3.05) is 13.1 Å². The van der Waals surface area contributed by atoms with E-state index in [0.717, 1.165) is 24.7 Å². The van der Waals surface area contributed by atoms with Crippen molar-refractivity contribution in [2.45, 2.75) is 32.8 Å². The number of ether oxygens (including phenoxy) is 1. The van der Waals surface area contributed by atoms with Gasteiger partial charge in [-0.05, 0) is 23.8 Å². The maximum absolute atomic E-state index is 12.0. The Morgan fingerprint density at radius 3 is 2.55 bits per heavy atom. The summed E-state index contributed by atoms with van der Waals surface area (Å²) in [6, 6.07) is 9.66. The Morgan fingerprint density at radius 2 is 1.95 bits per heavy atom. The Balaban J connectivity index is 1.79. The van der Waals surface area contributed by atoms with E-state index in [1.54, 1.807) is 4.90 Å². The van der Waals surface area contributed by atoms with E-state index in [0.29, 0.717) is 26.1 Å². The van der Waals surface area contributed by atoms with Gasteiger partial charge in [-0.25, -0.2) is 4.79 Å². The second-order valence-electron chi connectivity index (χ2n) is 5.71. The van der Waals surface area contributed by atoms with Crippen LogP contribution in [0.2, 0.25) is 0 Å². The van der Waals surface area contributed by atoms with Crippen molar-refractivity contribution in [3.63, 3.8) is 0 Å². The molecule has 1 amide bonds. The van der Waals surface area contributed by atoms with E-state index in [9.17, 15) is 9.59 Å². The lowest BCUT2D eigenvalue weighted by Gasteiger charge is -2.37. The van der Waals surface area contributed by atoms with E-state index in [4.69, 9.17) is 4.74 Å². The minimum Gasteiger partial charge on any atom is -0.445 e. The van der Waals surface area contributed by atoms with E-state index >= 15 is 0 Å². The fraction of sp³-hybridized carbons (Fsp3) is 0.500. The first-order valence-corrected chi connectivity index (χ1v) is 7.02. The van der Waals surface area contributed by atoms with E-state index in [-0.39, 0.29) is 11.5 Å². The average molecular weight is 275 g/mol. The summed E-state index contributed by atoms with van der Waals surface area (Å²) >= 11 is 0. The molecule has 0 aromatic heterocycles. The zero-order chi connectivity index (χ0) is 14.4. The molecule has 0 spiro atoms. The molecule has 0 N–H and O–H groups in total. The van der Waals surface area contributed by atoms with E-state index in [1.807, 2.05) is 30.3 Å². The molecule has 1 aromatic rings. The van der Waals surface area contributed by atoms with Crippen LogP contribution in [0.4, 0.5) is 4.79 Å². The first-order valence-electron chi connectivity index (χ1n) is 7.02. The van der Waals surface area contributed by atoms with Crippen LogP contribution < -0.4 is 0 Å². The smallest absolute Gasteiger partial charge is 0.410 e. The summed E-state index contributed by atoms with van der Waals surface area (Å²) in [5.41, 5.74) is 1.03. The third-order valence-corrected chi connectivity index (χ3v) is 4.01. The lowest BCUT2D eigenvalue weighted by molar-refractivity contribution is -0.110. The number of piperidine rings is 1. The van der Waals surface area contributed by atoms with Crippen LogP contribution in [0.3, 0.4) is 0 Å². The molecule has 1 aliphatic rings. The minimum atomic E-state index is -0.262. The Kier molecular flexibility index (Phi) is 4.77. The molecule has 0 unspecified atom stereocenters. The average Bonchev–Trinajstić information content (AvgIpc) is 2.47. The number of hydrogen-bond acceptors (Lipinski definition) is 3. The fourth-order valence-corrected chi connectivity index (χ4v) is 2.45. The molecular weight excluding hydrogens is 254 g/mol. The molecule has 20 heavy (non-hydrogen) atoms. The zero-order valence-corrected chi connectivity index (χ0v) is 11.9. The Labute approximate surface area is 119 Å². The third kappa shape index (κ3) is 3.83. The summed E-state index contributed by atoms with van der Waals surface area (Å²) in [5, 5.41) is 0. The van der Waals surface area contributed by atoms with Crippen LogP contribution in [0.5, 0.6) is 0 Å². The van der Waals surface area contributed by atoms with Crippen molar-refractivity contribution in [2.24, 2.45) is 5.41 Å². The summed E-state index contributed by atoms with van der Waals surface area (Å²) in [6.07, 6.45) is 2.99. The standard InChI is InChI=1S/C16H21NO3/c1-16(9-12-18)7-10-17(11-8-16)15(19)20-13-14-5-3-2-4-6-14/h2-6,12H,7-11,13H2,1H3. The number of rotatable bonds is 4. The molecule has 1 heterocycles. The second-order valence-corrected chi connectivity index (χ2v) is 5.71. The maximum atomic E-state index is 12.0. The Bertz CT molecular complexity index is 450. The van der Waals surface area contributed by atoms with Gasteiger partial charge < -0.3 is 14.4 Å². The number of amides is 1. The first-order chi connectivity index (χ1) is 9.63. The van der Waals surface area contributed by atoms with Gasteiger partial charge in [0.1, 0.15) is 12.9 Å². The molecule has 4 heteroatoms. The zero-order valence-electron chi connectivity index (χ0n) is 11.9. The molecule has 4 nitrogen and oxygen atoms in total. The lowest BCUT2D eigenvalue weighted by Crippen LogP contribution is -2.42. The summed E-state index contributed by atoms with van der Waals surface area (Å²) in [7, 11) is 0. The van der Waals surface area contributed by atoms with Crippen LogP contribution in [0.1, 0.15) is 31.7 Å². The summed E-state index contributed by atoms with van der Waals surface area (Å²) in [6.45, 7) is 3.74. The third-order valence-electron chi connectivity index (χ3n) is 4.01. The van der Waals surface area contributed by atoms with Gasteiger partial charge in [0.25, 0.3) is 0 Å². The number of benzene rings is 1. The quantitative estimate of drug-likeness (QED) is 0.793. The molecule has 0 saturated carbocycles. The fourth-order valence-electron chi connectivity index (χ4n) is 2.45. The predicted molar refractivity (Wildman–Crippen MR) is 76.2 cm³/mol. The number of likely N-dealkylation sites (tertiary alicyclic amines) is 1. The van der Waals surface area contributed by atoms with Gasteiger partial charge in [-0.15, -0.1) is 0 Å². The molecule has 0 aliphatic carbocycles.